The molecule has 1 fully saturated rings. The maximum atomic E-state index is 11.6. The van der Waals surface area contributed by atoms with Crippen molar-refractivity contribution in [1.29, 1.82) is 0 Å². The van der Waals surface area contributed by atoms with Gasteiger partial charge in [-0.2, -0.15) is 0 Å². The van der Waals surface area contributed by atoms with E-state index in [9.17, 15) is 8.42 Å². The molecule has 2 N–H and O–H groups in total. The van der Waals surface area contributed by atoms with E-state index >= 15 is 0 Å². The molecular weight excluding hydrogens is 408 g/mol. The minimum atomic E-state index is -3.36. The van der Waals surface area contributed by atoms with Gasteiger partial charge in [-0.1, -0.05) is 6.07 Å². The molecule has 1 saturated heterocycles. The van der Waals surface area contributed by atoms with Gasteiger partial charge in [0, 0.05) is 11.9 Å². The monoisotopic (exact) mass is 428 g/mol. The summed E-state index contributed by atoms with van der Waals surface area (Å²) >= 11 is 5.65. The fourth-order valence-corrected chi connectivity index (χ4v) is 4.47. The van der Waals surface area contributed by atoms with Crippen LogP contribution in [0.15, 0.2) is 65.4 Å². The highest BCUT2D eigenvalue weighted by atomic mass is 32.2. The highest BCUT2D eigenvalue weighted by Gasteiger charge is 2.42. The van der Waals surface area contributed by atoms with Crippen molar-refractivity contribution < 1.29 is 12.8 Å². The first-order chi connectivity index (χ1) is 13.8. The fraction of sp³-hybridized carbons (Fsp3) is 0.200. The van der Waals surface area contributed by atoms with E-state index in [-0.39, 0.29) is 12.1 Å². The smallest absolute Gasteiger partial charge is 0.229 e. The second-order valence-electron chi connectivity index (χ2n) is 6.89. The Morgan fingerprint density at radius 2 is 2.03 bits per heavy atom. The van der Waals surface area contributed by atoms with E-state index < -0.39 is 10.0 Å². The van der Waals surface area contributed by atoms with Crippen molar-refractivity contribution in [2.45, 2.75) is 19.0 Å². The molecule has 29 heavy (non-hydrogen) atoms. The molecule has 150 valence electrons. The van der Waals surface area contributed by atoms with E-state index in [0.29, 0.717) is 10.8 Å². The summed E-state index contributed by atoms with van der Waals surface area (Å²) in [6.45, 7) is 1.85. The molecule has 0 radical (unpaired) electrons. The van der Waals surface area contributed by atoms with Crippen molar-refractivity contribution in [3.63, 3.8) is 0 Å². The van der Waals surface area contributed by atoms with Crippen LogP contribution in [0.5, 0.6) is 0 Å². The average molecular weight is 429 g/mol. The quantitative estimate of drug-likeness (QED) is 0.601. The normalized spacial score (nSPS) is 19.2. The first-order valence-corrected chi connectivity index (χ1v) is 11.3. The highest BCUT2D eigenvalue weighted by Crippen LogP contribution is 2.42. The number of benzene rings is 1. The lowest BCUT2D eigenvalue weighted by molar-refractivity contribution is 0.432. The van der Waals surface area contributed by atoms with Crippen molar-refractivity contribution in [3.8, 4) is 0 Å². The van der Waals surface area contributed by atoms with E-state index in [1.807, 2.05) is 54.3 Å². The zero-order valence-corrected chi connectivity index (χ0v) is 17.5. The van der Waals surface area contributed by atoms with Crippen molar-refractivity contribution in [3.05, 3.63) is 78.0 Å². The number of nitrogens with one attached hydrogen (secondary N) is 2. The SMILES string of the molecule is Cc1cc(N2C(=S)N[C@H](c3ccccn3)[C@H]2c2ccco2)ccc1NS(C)(=O)=O. The Kier molecular flexibility index (Phi) is 5.01. The van der Waals surface area contributed by atoms with E-state index in [4.69, 9.17) is 16.6 Å². The van der Waals surface area contributed by atoms with Gasteiger partial charge in [0.2, 0.25) is 10.0 Å². The van der Waals surface area contributed by atoms with Crippen molar-refractivity contribution in [1.82, 2.24) is 10.3 Å². The molecule has 0 unspecified atom stereocenters. The third-order valence-corrected chi connectivity index (χ3v) is 5.62. The Balaban J connectivity index is 1.76. The average Bonchev–Trinajstić information content (AvgIpc) is 3.30. The number of thiocarbonyl (C=S) groups is 1. The first-order valence-electron chi connectivity index (χ1n) is 8.96. The maximum absolute atomic E-state index is 11.6. The van der Waals surface area contributed by atoms with Gasteiger partial charge in [-0.25, -0.2) is 8.42 Å². The summed E-state index contributed by atoms with van der Waals surface area (Å²) in [7, 11) is -3.36. The molecule has 3 heterocycles. The molecule has 9 heteroatoms. The highest BCUT2D eigenvalue weighted by molar-refractivity contribution is 7.92. The number of rotatable bonds is 5. The Morgan fingerprint density at radius 1 is 1.21 bits per heavy atom. The lowest BCUT2D eigenvalue weighted by atomic mass is 10.0. The molecule has 0 aliphatic carbocycles. The number of aromatic nitrogens is 1. The predicted octanol–water partition coefficient (Wildman–Crippen LogP) is 3.53. The zero-order chi connectivity index (χ0) is 20.6. The molecule has 1 aliphatic rings. The molecule has 2 atom stereocenters. The van der Waals surface area contributed by atoms with Crippen LogP contribution in [0.3, 0.4) is 0 Å². The molecule has 0 saturated carbocycles. The molecule has 0 bridgehead atoms. The van der Waals surface area contributed by atoms with E-state index in [1.54, 1.807) is 18.5 Å². The topological polar surface area (TPSA) is 87.5 Å². The second-order valence-corrected chi connectivity index (χ2v) is 9.02. The molecule has 0 amide bonds. The van der Waals surface area contributed by atoms with Gasteiger partial charge < -0.3 is 14.6 Å². The van der Waals surface area contributed by atoms with Crippen LogP contribution in [-0.4, -0.2) is 24.8 Å². The number of furan rings is 1. The summed E-state index contributed by atoms with van der Waals surface area (Å²) in [5.41, 5.74) is 3.00. The number of sulfonamides is 1. The number of anilines is 2. The van der Waals surface area contributed by atoms with E-state index in [2.05, 4.69) is 15.0 Å². The van der Waals surface area contributed by atoms with Crippen LogP contribution >= 0.6 is 12.2 Å². The summed E-state index contributed by atoms with van der Waals surface area (Å²) < 4.78 is 31.4. The van der Waals surface area contributed by atoms with Crippen LogP contribution in [0.4, 0.5) is 11.4 Å². The number of hydrogen-bond donors (Lipinski definition) is 2. The Morgan fingerprint density at radius 3 is 2.66 bits per heavy atom. The van der Waals surface area contributed by atoms with Gasteiger partial charge in [0.15, 0.2) is 5.11 Å². The van der Waals surface area contributed by atoms with Gasteiger partial charge in [0.05, 0.1) is 29.9 Å². The molecule has 0 spiro atoms. The first kappa shape index (κ1) is 19.4. The molecule has 1 aliphatic heterocycles. The molecule has 3 aromatic rings. The Hall–Kier alpha value is -2.91. The molecule has 2 aromatic heterocycles. The molecule has 7 nitrogen and oxygen atoms in total. The van der Waals surface area contributed by atoms with Crippen LogP contribution in [0.2, 0.25) is 0 Å². The Labute approximate surface area is 174 Å². The standard InChI is InChI=1S/C20H20N4O3S2/c1-13-12-14(8-9-15(13)23-29(2,25)26)24-19(17-7-5-11-27-17)18(22-20(24)28)16-6-3-4-10-21-16/h3-12,18-19,23H,1-2H3,(H,22,28)/t18-,19-/m1/s1. The molecule has 1 aromatic carbocycles. The van der Waals surface area contributed by atoms with Crippen LogP contribution < -0.4 is 14.9 Å². The predicted molar refractivity (Wildman–Crippen MR) is 116 cm³/mol. The van der Waals surface area contributed by atoms with E-state index in [1.165, 1.54) is 0 Å². The van der Waals surface area contributed by atoms with Crippen LogP contribution in [-0.2, 0) is 10.0 Å². The van der Waals surface area contributed by atoms with Crippen molar-refractivity contribution >= 4 is 38.7 Å². The van der Waals surface area contributed by atoms with Gasteiger partial charge >= 0.3 is 0 Å². The number of hydrogen-bond acceptors (Lipinski definition) is 5. The van der Waals surface area contributed by atoms with Gasteiger partial charge in [0.1, 0.15) is 11.8 Å². The lowest BCUT2D eigenvalue weighted by Gasteiger charge is -2.26. The summed E-state index contributed by atoms with van der Waals surface area (Å²) in [5, 5.41) is 3.90. The van der Waals surface area contributed by atoms with E-state index in [0.717, 1.165) is 29.0 Å². The van der Waals surface area contributed by atoms with Crippen LogP contribution in [0.1, 0.15) is 29.1 Å². The minimum absolute atomic E-state index is 0.191. The number of nitrogens with zero attached hydrogens (tertiary/aromatic N) is 2. The summed E-state index contributed by atoms with van der Waals surface area (Å²) in [4.78, 5) is 6.47. The minimum Gasteiger partial charge on any atom is -0.467 e. The zero-order valence-electron chi connectivity index (χ0n) is 15.9. The van der Waals surface area contributed by atoms with Gasteiger partial charge in [-0.15, -0.1) is 0 Å². The fourth-order valence-electron chi connectivity index (χ4n) is 3.49. The maximum Gasteiger partial charge on any atom is 0.229 e. The Bertz CT molecular complexity index is 1130. The van der Waals surface area contributed by atoms with Gasteiger partial charge in [-0.05, 0) is 67.2 Å². The van der Waals surface area contributed by atoms with Gasteiger partial charge in [-0.3, -0.25) is 9.71 Å². The summed E-state index contributed by atoms with van der Waals surface area (Å²) in [5.74, 6) is 0.754. The summed E-state index contributed by atoms with van der Waals surface area (Å²) in [6, 6.07) is 14.6. The van der Waals surface area contributed by atoms with Crippen LogP contribution in [0, 0.1) is 6.92 Å². The second kappa shape index (κ2) is 7.49. The third kappa shape index (κ3) is 3.96. The van der Waals surface area contributed by atoms with Gasteiger partial charge in [0.25, 0.3) is 0 Å². The summed E-state index contributed by atoms with van der Waals surface area (Å²) in [6.07, 6.45) is 4.51. The molecular formula is C20H20N4O3S2. The largest absolute Gasteiger partial charge is 0.467 e. The van der Waals surface area contributed by atoms with Crippen molar-refractivity contribution in [2.24, 2.45) is 0 Å². The van der Waals surface area contributed by atoms with Crippen molar-refractivity contribution in [2.75, 3.05) is 15.9 Å². The third-order valence-electron chi connectivity index (χ3n) is 4.72. The lowest BCUT2D eigenvalue weighted by Crippen LogP contribution is -2.29. The number of aryl methyl sites for hydroxylation is 1. The number of pyridine rings is 1. The van der Waals surface area contributed by atoms with Crippen LogP contribution in [0.25, 0.3) is 0 Å². The molecule has 4 rings (SSSR count).